The second-order valence-corrected chi connectivity index (χ2v) is 20.3. The van der Waals surface area contributed by atoms with Crippen LogP contribution in [-0.4, -0.2) is 41.1 Å². The SMILES string of the molecule is C=Cc1cccc(O[Si]C(O[Si](C)(C)C)O[Si](C)(C)C)c1[Si](C)C. The van der Waals surface area contributed by atoms with Gasteiger partial charge in [0.05, 0.1) is 8.80 Å². The summed E-state index contributed by atoms with van der Waals surface area (Å²) in [7, 11) is -3.91. The van der Waals surface area contributed by atoms with Crippen LogP contribution in [0.5, 0.6) is 5.75 Å². The van der Waals surface area contributed by atoms with Crippen molar-refractivity contribution in [3.05, 3.63) is 30.3 Å². The van der Waals surface area contributed by atoms with Gasteiger partial charge in [0.15, 0.2) is 22.5 Å². The van der Waals surface area contributed by atoms with Crippen LogP contribution in [0.2, 0.25) is 52.4 Å². The Bertz CT molecular complexity index is 532. The molecule has 1 rings (SSSR count). The van der Waals surface area contributed by atoms with Gasteiger partial charge in [-0.1, -0.05) is 37.9 Å². The molecule has 0 saturated carbocycles. The van der Waals surface area contributed by atoms with Crippen molar-refractivity contribution in [2.75, 3.05) is 0 Å². The van der Waals surface area contributed by atoms with E-state index in [0.29, 0.717) is 0 Å². The van der Waals surface area contributed by atoms with Gasteiger partial charge in [-0.3, -0.25) is 0 Å². The van der Waals surface area contributed by atoms with Crippen LogP contribution in [0.4, 0.5) is 0 Å². The van der Waals surface area contributed by atoms with E-state index in [2.05, 4.69) is 65.0 Å². The van der Waals surface area contributed by atoms with Crippen LogP contribution in [0.25, 0.3) is 6.08 Å². The minimum atomic E-state index is -1.70. The van der Waals surface area contributed by atoms with Gasteiger partial charge in [0.1, 0.15) is 5.75 Å². The lowest BCUT2D eigenvalue weighted by atomic mass is 10.2. The molecule has 0 heterocycles. The number of hydrogen-bond acceptors (Lipinski definition) is 3. The molecule has 7 heteroatoms. The summed E-state index contributed by atoms with van der Waals surface area (Å²) in [6.07, 6.45) is 1.91. The van der Waals surface area contributed by atoms with Gasteiger partial charge < -0.3 is 13.3 Å². The van der Waals surface area contributed by atoms with Crippen LogP contribution in [0.1, 0.15) is 5.56 Å². The molecule has 0 N–H and O–H groups in total. The summed E-state index contributed by atoms with van der Waals surface area (Å²) in [6.45, 7) is 21.6. The predicted octanol–water partition coefficient (Wildman–Crippen LogP) is 4.28. The molecule has 24 heavy (non-hydrogen) atoms. The van der Waals surface area contributed by atoms with Gasteiger partial charge in [-0.15, -0.1) is 0 Å². The Balaban J connectivity index is 2.96. The minimum Gasteiger partial charge on any atom is -0.536 e. The molecule has 0 amide bonds. The first-order valence-electron chi connectivity index (χ1n) is 8.27. The molecular formula is C17H31O3Si4. The normalized spacial score (nSPS) is 12.8. The zero-order valence-electron chi connectivity index (χ0n) is 16.3. The van der Waals surface area contributed by atoms with E-state index in [1.807, 2.05) is 18.2 Å². The van der Waals surface area contributed by atoms with Crippen LogP contribution in [-0.2, 0) is 8.85 Å². The molecule has 0 spiro atoms. The van der Waals surface area contributed by atoms with Crippen molar-refractivity contribution in [2.24, 2.45) is 0 Å². The van der Waals surface area contributed by atoms with Crippen molar-refractivity contribution in [1.82, 2.24) is 0 Å². The molecule has 0 saturated heterocycles. The maximum atomic E-state index is 6.22. The molecule has 0 fully saturated rings. The van der Waals surface area contributed by atoms with Crippen LogP contribution in [0, 0.1) is 0 Å². The van der Waals surface area contributed by atoms with Crippen molar-refractivity contribution in [3.8, 4) is 5.75 Å². The van der Waals surface area contributed by atoms with E-state index in [4.69, 9.17) is 13.3 Å². The summed E-state index contributed by atoms with van der Waals surface area (Å²) in [5.41, 5.74) is 1.17. The largest absolute Gasteiger partial charge is 0.536 e. The minimum absolute atomic E-state index is 0.142. The molecule has 0 aromatic heterocycles. The first-order valence-corrected chi connectivity index (χ1v) is 18.6. The lowest BCUT2D eigenvalue weighted by molar-refractivity contribution is 0.0532. The fraction of sp³-hybridized carbons (Fsp3) is 0.529. The topological polar surface area (TPSA) is 27.7 Å². The molecule has 0 bridgehead atoms. The standard InChI is InChI=1S/C17H31O3Si4/c1-10-14-12-11-13-15(16(14)22(2)3)18-21-17(19-23(4,5)6)20-24(7,8)9/h10-13,17H,1H2,2-9H3. The van der Waals surface area contributed by atoms with Crippen LogP contribution in [0.15, 0.2) is 24.8 Å². The van der Waals surface area contributed by atoms with Gasteiger partial charge in [0, 0.05) is 0 Å². The van der Waals surface area contributed by atoms with Gasteiger partial charge in [-0.25, -0.2) is 0 Å². The van der Waals surface area contributed by atoms with Crippen LogP contribution < -0.4 is 9.61 Å². The van der Waals surface area contributed by atoms with Crippen molar-refractivity contribution in [2.45, 2.75) is 58.3 Å². The lowest BCUT2D eigenvalue weighted by Crippen LogP contribution is -2.45. The van der Waals surface area contributed by atoms with Crippen LogP contribution >= 0.6 is 0 Å². The van der Waals surface area contributed by atoms with Gasteiger partial charge in [-0.2, -0.15) is 0 Å². The molecule has 3 nitrogen and oxygen atoms in total. The van der Waals surface area contributed by atoms with E-state index in [1.54, 1.807) is 0 Å². The zero-order chi connectivity index (χ0) is 18.5. The first-order chi connectivity index (χ1) is 10.9. The van der Waals surface area contributed by atoms with Crippen molar-refractivity contribution >= 4 is 46.5 Å². The van der Waals surface area contributed by atoms with Gasteiger partial charge >= 0.3 is 9.76 Å². The lowest BCUT2D eigenvalue weighted by Gasteiger charge is -2.30. The summed E-state index contributed by atoms with van der Waals surface area (Å²) in [4.78, 5) is 0. The van der Waals surface area contributed by atoms with E-state index in [9.17, 15) is 0 Å². The Labute approximate surface area is 154 Å². The monoisotopic (exact) mass is 395 g/mol. The summed E-state index contributed by atoms with van der Waals surface area (Å²) < 4.78 is 18.6. The highest BCUT2D eigenvalue weighted by atomic mass is 28.4. The van der Waals surface area contributed by atoms with Crippen molar-refractivity contribution < 1.29 is 13.3 Å². The molecule has 3 radical (unpaired) electrons. The molecule has 133 valence electrons. The number of benzene rings is 1. The number of rotatable bonds is 9. The highest BCUT2D eigenvalue weighted by Crippen LogP contribution is 2.17. The molecule has 0 aliphatic heterocycles. The molecule has 0 atom stereocenters. The summed E-state index contributed by atoms with van der Waals surface area (Å²) in [6, 6.07) is 6.18. The number of hydrogen-bond donors (Lipinski definition) is 0. The third-order valence-electron chi connectivity index (χ3n) is 2.96. The maximum absolute atomic E-state index is 6.22. The van der Waals surface area contributed by atoms with E-state index < -0.39 is 25.4 Å². The molecule has 1 aromatic carbocycles. The second kappa shape index (κ2) is 8.77. The van der Waals surface area contributed by atoms with Crippen molar-refractivity contribution in [1.29, 1.82) is 0 Å². The second-order valence-electron chi connectivity index (χ2n) is 7.94. The fourth-order valence-corrected chi connectivity index (χ4v) is 8.03. The Morgan fingerprint density at radius 1 is 1.04 bits per heavy atom. The summed E-state index contributed by atoms with van der Waals surface area (Å²) in [5.74, 6) is 0.681. The Morgan fingerprint density at radius 2 is 1.58 bits per heavy atom. The van der Waals surface area contributed by atoms with E-state index in [1.165, 1.54) is 10.8 Å². The Kier molecular flexibility index (Phi) is 7.89. The van der Waals surface area contributed by atoms with E-state index >= 15 is 0 Å². The Hall–Kier alpha value is -0.452. The summed E-state index contributed by atoms with van der Waals surface area (Å²) >= 11 is 0. The van der Waals surface area contributed by atoms with Crippen LogP contribution in [0.3, 0.4) is 0 Å². The van der Waals surface area contributed by atoms with E-state index in [-0.39, 0.29) is 15.7 Å². The zero-order valence-corrected chi connectivity index (χ0v) is 20.3. The molecule has 1 aromatic rings. The molecule has 0 unspecified atom stereocenters. The van der Waals surface area contributed by atoms with Crippen molar-refractivity contribution in [3.63, 3.8) is 0 Å². The third-order valence-corrected chi connectivity index (χ3v) is 7.58. The summed E-state index contributed by atoms with van der Waals surface area (Å²) in [5, 5.41) is 1.30. The Morgan fingerprint density at radius 3 is 2.00 bits per heavy atom. The first kappa shape index (κ1) is 21.6. The fourth-order valence-electron chi connectivity index (χ4n) is 2.16. The average Bonchev–Trinajstić information content (AvgIpc) is 2.40. The van der Waals surface area contributed by atoms with Gasteiger partial charge in [0.2, 0.25) is 0 Å². The highest BCUT2D eigenvalue weighted by Gasteiger charge is 2.29. The van der Waals surface area contributed by atoms with Gasteiger partial charge in [-0.05, 0) is 56.1 Å². The van der Waals surface area contributed by atoms with Gasteiger partial charge in [0.25, 0.3) is 0 Å². The molecular weight excluding hydrogens is 365 g/mol. The highest BCUT2D eigenvalue weighted by molar-refractivity contribution is 6.73. The smallest absolute Gasteiger partial charge is 0.374 e. The molecule has 0 aliphatic rings. The third kappa shape index (κ3) is 7.62. The quantitative estimate of drug-likeness (QED) is 0.461. The van der Waals surface area contributed by atoms with E-state index in [0.717, 1.165) is 5.75 Å². The maximum Gasteiger partial charge on any atom is 0.374 e. The molecule has 0 aliphatic carbocycles. The predicted molar refractivity (Wildman–Crippen MR) is 113 cm³/mol. The average molecular weight is 396 g/mol.